The summed E-state index contributed by atoms with van der Waals surface area (Å²) in [5, 5.41) is 2.68. The van der Waals surface area contributed by atoms with E-state index in [0.717, 1.165) is 4.31 Å². The number of anilines is 2. The van der Waals surface area contributed by atoms with E-state index in [1.54, 1.807) is 18.2 Å². The summed E-state index contributed by atoms with van der Waals surface area (Å²) in [6.45, 7) is 0. The molecule has 0 aliphatic heterocycles. The van der Waals surface area contributed by atoms with Gasteiger partial charge in [0.1, 0.15) is 5.75 Å². The molecule has 0 aromatic heterocycles. The molecule has 0 spiro atoms. The molecule has 0 bridgehead atoms. The van der Waals surface area contributed by atoms with Crippen LogP contribution in [0.2, 0.25) is 0 Å². The van der Waals surface area contributed by atoms with Crippen LogP contribution in [0.4, 0.5) is 11.4 Å². The van der Waals surface area contributed by atoms with Crippen molar-refractivity contribution in [2.75, 3.05) is 32.3 Å². The second kappa shape index (κ2) is 6.90. The second-order valence-electron chi connectivity index (χ2n) is 5.22. The van der Waals surface area contributed by atoms with Gasteiger partial charge >= 0.3 is 0 Å². The largest absolute Gasteiger partial charge is 0.497 e. The zero-order valence-electron chi connectivity index (χ0n) is 13.6. The van der Waals surface area contributed by atoms with E-state index in [1.807, 2.05) is 0 Å². The summed E-state index contributed by atoms with van der Waals surface area (Å²) in [7, 11) is 0.893. The molecule has 2 rings (SSSR count). The Morgan fingerprint density at radius 1 is 1.12 bits per heavy atom. The molecule has 7 nitrogen and oxygen atoms in total. The predicted molar refractivity (Wildman–Crippen MR) is 92.7 cm³/mol. The maximum atomic E-state index is 12.3. The van der Waals surface area contributed by atoms with Crippen LogP contribution in [0, 0.1) is 0 Å². The van der Waals surface area contributed by atoms with Gasteiger partial charge in [-0.3, -0.25) is 4.79 Å². The third-order valence-corrected chi connectivity index (χ3v) is 5.23. The molecule has 2 aromatic rings. The number of nitrogens with two attached hydrogens (primary N) is 1. The predicted octanol–water partition coefficient (Wildman–Crippen LogP) is 1.78. The number of nitrogen functional groups attached to an aromatic ring is 1. The Labute approximate surface area is 141 Å². The summed E-state index contributed by atoms with van der Waals surface area (Å²) in [6.07, 6.45) is 0. The topological polar surface area (TPSA) is 102 Å². The van der Waals surface area contributed by atoms with Gasteiger partial charge in [-0.25, -0.2) is 12.7 Å². The van der Waals surface area contributed by atoms with Gasteiger partial charge in [0, 0.05) is 25.7 Å². The molecule has 0 aliphatic carbocycles. The Kier molecular flexibility index (Phi) is 5.10. The van der Waals surface area contributed by atoms with Crippen molar-refractivity contribution < 1.29 is 17.9 Å². The number of carbonyl (C=O) groups excluding carboxylic acids is 1. The van der Waals surface area contributed by atoms with Gasteiger partial charge in [-0.1, -0.05) is 0 Å². The Morgan fingerprint density at radius 3 is 2.25 bits per heavy atom. The Balaban J connectivity index is 2.19. The summed E-state index contributed by atoms with van der Waals surface area (Å²) < 4.78 is 30.2. The number of carbonyl (C=O) groups is 1. The number of hydrogen-bond acceptors (Lipinski definition) is 5. The van der Waals surface area contributed by atoms with Crippen molar-refractivity contribution in [2.45, 2.75) is 4.90 Å². The summed E-state index contributed by atoms with van der Waals surface area (Å²) in [6, 6.07) is 10.6. The normalized spacial score (nSPS) is 11.3. The zero-order valence-corrected chi connectivity index (χ0v) is 14.4. The third kappa shape index (κ3) is 3.66. The number of nitrogens with one attached hydrogen (secondary N) is 1. The molecule has 0 heterocycles. The van der Waals surface area contributed by atoms with E-state index < -0.39 is 10.0 Å². The van der Waals surface area contributed by atoms with Crippen molar-refractivity contribution in [2.24, 2.45) is 0 Å². The number of methoxy groups -OCH3 is 1. The molecular formula is C16H19N3O4S. The van der Waals surface area contributed by atoms with Gasteiger partial charge in [0.25, 0.3) is 5.91 Å². The van der Waals surface area contributed by atoms with Crippen molar-refractivity contribution >= 4 is 27.3 Å². The minimum Gasteiger partial charge on any atom is -0.497 e. The first-order valence-corrected chi connectivity index (χ1v) is 8.47. The third-order valence-electron chi connectivity index (χ3n) is 3.40. The minimum absolute atomic E-state index is 0.119. The fraction of sp³-hybridized carbons (Fsp3) is 0.188. The lowest BCUT2D eigenvalue weighted by Gasteiger charge is -2.12. The molecule has 24 heavy (non-hydrogen) atoms. The van der Waals surface area contributed by atoms with Gasteiger partial charge in [-0.2, -0.15) is 0 Å². The van der Waals surface area contributed by atoms with E-state index >= 15 is 0 Å². The quantitative estimate of drug-likeness (QED) is 0.801. The first kappa shape index (κ1) is 17.8. The lowest BCUT2D eigenvalue weighted by molar-refractivity contribution is 0.102. The molecule has 128 valence electrons. The maximum Gasteiger partial charge on any atom is 0.255 e. The van der Waals surface area contributed by atoms with Crippen LogP contribution < -0.4 is 15.8 Å². The first-order valence-electron chi connectivity index (χ1n) is 7.03. The molecule has 3 N–H and O–H groups in total. The highest BCUT2D eigenvalue weighted by molar-refractivity contribution is 7.89. The molecule has 0 aliphatic rings. The number of benzene rings is 2. The number of hydrogen-bond donors (Lipinski definition) is 2. The van der Waals surface area contributed by atoms with Crippen LogP contribution in [0.3, 0.4) is 0 Å². The number of ether oxygens (including phenoxy) is 1. The average molecular weight is 349 g/mol. The van der Waals surface area contributed by atoms with E-state index in [9.17, 15) is 13.2 Å². The molecule has 0 saturated carbocycles. The maximum absolute atomic E-state index is 12.3. The van der Waals surface area contributed by atoms with Gasteiger partial charge in [0.05, 0.1) is 23.4 Å². The molecule has 1 amide bonds. The lowest BCUT2D eigenvalue weighted by Crippen LogP contribution is -2.22. The van der Waals surface area contributed by atoms with Gasteiger partial charge in [-0.05, 0) is 36.4 Å². The lowest BCUT2D eigenvalue weighted by atomic mass is 10.2. The van der Waals surface area contributed by atoms with E-state index in [4.69, 9.17) is 10.5 Å². The van der Waals surface area contributed by atoms with E-state index in [1.165, 1.54) is 45.5 Å². The Morgan fingerprint density at radius 2 is 1.75 bits per heavy atom. The van der Waals surface area contributed by atoms with Gasteiger partial charge < -0.3 is 15.8 Å². The fourth-order valence-corrected chi connectivity index (χ4v) is 2.87. The second-order valence-corrected chi connectivity index (χ2v) is 7.37. The van der Waals surface area contributed by atoms with E-state index in [-0.39, 0.29) is 10.8 Å². The number of amides is 1. The average Bonchev–Trinajstić information content (AvgIpc) is 2.56. The highest BCUT2D eigenvalue weighted by atomic mass is 32.2. The summed E-state index contributed by atoms with van der Waals surface area (Å²) >= 11 is 0. The van der Waals surface area contributed by atoms with Crippen LogP contribution >= 0.6 is 0 Å². The van der Waals surface area contributed by atoms with Crippen molar-refractivity contribution in [3.05, 3.63) is 48.0 Å². The Bertz CT molecular complexity index is 846. The van der Waals surface area contributed by atoms with Crippen LogP contribution in [-0.4, -0.2) is 39.8 Å². The van der Waals surface area contributed by atoms with Crippen LogP contribution in [0.15, 0.2) is 47.4 Å². The monoisotopic (exact) mass is 349 g/mol. The van der Waals surface area contributed by atoms with Gasteiger partial charge in [-0.15, -0.1) is 0 Å². The molecular weight excluding hydrogens is 330 g/mol. The highest BCUT2D eigenvalue weighted by Gasteiger charge is 2.17. The van der Waals surface area contributed by atoms with E-state index in [2.05, 4.69) is 5.32 Å². The molecule has 0 radical (unpaired) electrons. The SMILES string of the molecule is COc1ccc(NC(=O)c2ccc(S(=O)(=O)N(C)C)cc2)c(N)c1. The number of rotatable bonds is 5. The summed E-state index contributed by atoms with van der Waals surface area (Å²) in [5.41, 5.74) is 7.00. The zero-order chi connectivity index (χ0) is 17.9. The van der Waals surface area contributed by atoms with Gasteiger partial charge in [0.15, 0.2) is 0 Å². The van der Waals surface area contributed by atoms with Crippen molar-refractivity contribution in [1.82, 2.24) is 4.31 Å². The molecule has 0 fully saturated rings. The number of sulfonamides is 1. The highest BCUT2D eigenvalue weighted by Crippen LogP contribution is 2.24. The smallest absolute Gasteiger partial charge is 0.255 e. The standard InChI is InChI=1S/C16H19N3O4S/c1-19(2)24(21,22)13-7-4-11(5-8-13)16(20)18-15-9-6-12(23-3)10-14(15)17/h4-10H,17H2,1-3H3,(H,18,20). The minimum atomic E-state index is -3.52. The molecule has 8 heteroatoms. The summed E-state index contributed by atoms with van der Waals surface area (Å²) in [4.78, 5) is 12.4. The van der Waals surface area contributed by atoms with Crippen LogP contribution in [0.5, 0.6) is 5.75 Å². The number of nitrogens with zero attached hydrogens (tertiary/aromatic N) is 1. The van der Waals surface area contributed by atoms with Crippen molar-refractivity contribution in [1.29, 1.82) is 0 Å². The van der Waals surface area contributed by atoms with Crippen molar-refractivity contribution in [3.8, 4) is 5.75 Å². The van der Waals surface area contributed by atoms with Crippen LogP contribution in [0.25, 0.3) is 0 Å². The van der Waals surface area contributed by atoms with Gasteiger partial charge in [0.2, 0.25) is 10.0 Å². The summed E-state index contributed by atoms with van der Waals surface area (Å²) in [5.74, 6) is 0.199. The fourth-order valence-electron chi connectivity index (χ4n) is 1.97. The van der Waals surface area contributed by atoms with Crippen molar-refractivity contribution in [3.63, 3.8) is 0 Å². The molecule has 0 atom stereocenters. The van der Waals surface area contributed by atoms with Crippen LogP contribution in [-0.2, 0) is 10.0 Å². The van der Waals surface area contributed by atoms with Crippen LogP contribution in [0.1, 0.15) is 10.4 Å². The Hall–Kier alpha value is -2.58. The molecule has 2 aromatic carbocycles. The molecule has 0 unspecified atom stereocenters. The van der Waals surface area contributed by atoms with E-state index in [0.29, 0.717) is 22.7 Å². The molecule has 0 saturated heterocycles. The first-order chi connectivity index (χ1) is 11.3.